The van der Waals surface area contributed by atoms with Crippen LogP contribution in [0.5, 0.6) is 0 Å². The zero-order valence-corrected chi connectivity index (χ0v) is 19.1. The number of rotatable bonds is 9. The summed E-state index contributed by atoms with van der Waals surface area (Å²) >= 11 is 0. The van der Waals surface area contributed by atoms with E-state index >= 15 is 0 Å². The van der Waals surface area contributed by atoms with E-state index in [-0.39, 0.29) is 5.41 Å². The lowest BCUT2D eigenvalue weighted by Gasteiger charge is -2.22. The van der Waals surface area contributed by atoms with Gasteiger partial charge in [-0.15, -0.1) is 0 Å². The quantitative estimate of drug-likeness (QED) is 0.480. The van der Waals surface area contributed by atoms with Crippen molar-refractivity contribution < 1.29 is 9.68 Å². The molecule has 0 aliphatic heterocycles. The second-order valence-electron chi connectivity index (χ2n) is 8.54. The van der Waals surface area contributed by atoms with Gasteiger partial charge in [-0.25, -0.2) is 9.97 Å². The maximum atomic E-state index is 5.72. The first-order valence-electron chi connectivity index (χ1n) is 10.8. The number of nitrogens with zero attached hydrogens (tertiary/aromatic N) is 5. The third kappa shape index (κ3) is 6.47. The van der Waals surface area contributed by atoms with E-state index < -0.39 is 0 Å². The van der Waals surface area contributed by atoms with Gasteiger partial charge in [0.25, 0.3) is 0 Å². The summed E-state index contributed by atoms with van der Waals surface area (Å²) in [6.45, 7) is 11.6. The fraction of sp³-hybridized carbons (Fsp3) is 0.522. The van der Waals surface area contributed by atoms with E-state index in [1.54, 1.807) is 0 Å². The Morgan fingerprint density at radius 3 is 2.74 bits per heavy atom. The lowest BCUT2D eigenvalue weighted by Crippen LogP contribution is -2.25. The Kier molecular flexibility index (Phi) is 7.55. The van der Waals surface area contributed by atoms with E-state index in [0.29, 0.717) is 19.2 Å². The Labute approximate surface area is 184 Å². The van der Waals surface area contributed by atoms with Gasteiger partial charge in [0.2, 0.25) is 5.95 Å². The highest BCUT2D eigenvalue weighted by Gasteiger charge is 2.22. The molecular formula is C23H32N6O2. The molecule has 0 radical (unpaired) electrons. The number of aromatic nitrogens is 3. The van der Waals surface area contributed by atoms with E-state index in [0.717, 1.165) is 59.9 Å². The number of anilines is 1. The first kappa shape index (κ1) is 22.7. The molecule has 1 N–H and O–H groups in total. The van der Waals surface area contributed by atoms with Gasteiger partial charge in [0, 0.05) is 23.9 Å². The summed E-state index contributed by atoms with van der Waals surface area (Å²) < 4.78 is 0. The maximum Gasteiger partial charge on any atom is 0.223 e. The summed E-state index contributed by atoms with van der Waals surface area (Å²) in [5.41, 5.74) is 5.13. The molecule has 166 valence electrons. The van der Waals surface area contributed by atoms with Crippen LogP contribution in [0.4, 0.5) is 5.95 Å². The van der Waals surface area contributed by atoms with Crippen molar-refractivity contribution in [1.82, 2.24) is 15.0 Å². The molecule has 0 bridgehead atoms. The summed E-state index contributed by atoms with van der Waals surface area (Å²) in [6.07, 6.45) is 4.72. The highest BCUT2D eigenvalue weighted by molar-refractivity contribution is 6.00. The van der Waals surface area contributed by atoms with Gasteiger partial charge in [-0.1, -0.05) is 30.2 Å². The average Bonchev–Trinajstić information content (AvgIpc) is 2.74. The number of nitrogens with one attached hydrogen (secondary N) is 1. The standard InChI is InChI=1S/C23H32N6O2/c1-6-24-22-25-13-18-10-8-12-20(21(18)27-22)29-31-15-23(4,5)14-30-28-17(3)19-11-7-9-16(2)26-19/h7,9,11,13H,6,8,10,12,14-15H2,1-5H3,(H,24,25,27)/b28-17+,29-20+. The Morgan fingerprint density at radius 2 is 1.97 bits per heavy atom. The zero-order chi connectivity index (χ0) is 22.3. The molecule has 8 nitrogen and oxygen atoms in total. The molecule has 1 aliphatic rings. The SMILES string of the molecule is CCNc1ncc2c(n1)/C(=N/OCC(C)(C)CO/N=C(\C)c1cccc(C)n1)CCC2. The molecule has 2 aromatic heterocycles. The van der Waals surface area contributed by atoms with Gasteiger partial charge in [-0.2, -0.15) is 0 Å². The first-order valence-corrected chi connectivity index (χ1v) is 10.8. The fourth-order valence-electron chi connectivity index (χ4n) is 3.16. The van der Waals surface area contributed by atoms with Crippen LogP contribution < -0.4 is 5.32 Å². The average molecular weight is 425 g/mol. The summed E-state index contributed by atoms with van der Waals surface area (Å²) in [5, 5.41) is 11.8. The lowest BCUT2D eigenvalue weighted by atomic mass is 9.95. The first-order chi connectivity index (χ1) is 14.9. The Bertz CT molecular complexity index is 955. The van der Waals surface area contributed by atoms with Gasteiger partial charge in [-0.05, 0) is 57.7 Å². The summed E-state index contributed by atoms with van der Waals surface area (Å²) in [4.78, 5) is 24.7. The van der Waals surface area contributed by atoms with Crippen LogP contribution in [0.1, 0.15) is 63.2 Å². The van der Waals surface area contributed by atoms with Crippen molar-refractivity contribution in [3.63, 3.8) is 0 Å². The van der Waals surface area contributed by atoms with Crippen molar-refractivity contribution in [3.05, 3.63) is 47.0 Å². The van der Waals surface area contributed by atoms with Crippen LogP contribution in [0.25, 0.3) is 0 Å². The van der Waals surface area contributed by atoms with Crippen molar-refractivity contribution >= 4 is 17.4 Å². The molecule has 0 unspecified atom stereocenters. The summed E-state index contributed by atoms with van der Waals surface area (Å²) in [6, 6.07) is 5.84. The third-order valence-corrected chi connectivity index (χ3v) is 4.88. The molecule has 0 saturated carbocycles. The van der Waals surface area contributed by atoms with E-state index in [4.69, 9.17) is 9.68 Å². The minimum atomic E-state index is -0.258. The smallest absolute Gasteiger partial charge is 0.223 e. The van der Waals surface area contributed by atoms with Crippen molar-refractivity contribution in [2.45, 2.75) is 53.9 Å². The van der Waals surface area contributed by atoms with Crippen LogP contribution in [0.3, 0.4) is 0 Å². The van der Waals surface area contributed by atoms with Crippen LogP contribution in [0.2, 0.25) is 0 Å². The van der Waals surface area contributed by atoms with Crippen LogP contribution in [-0.4, -0.2) is 46.1 Å². The molecule has 3 rings (SSSR count). The second-order valence-corrected chi connectivity index (χ2v) is 8.54. The van der Waals surface area contributed by atoms with Gasteiger partial charge < -0.3 is 15.0 Å². The van der Waals surface area contributed by atoms with Gasteiger partial charge >= 0.3 is 0 Å². The number of oxime groups is 2. The summed E-state index contributed by atoms with van der Waals surface area (Å²) in [5.74, 6) is 0.626. The number of fused-ring (bicyclic) bond motifs is 1. The highest BCUT2D eigenvalue weighted by Crippen LogP contribution is 2.22. The Balaban J connectivity index is 1.56. The third-order valence-electron chi connectivity index (χ3n) is 4.88. The van der Waals surface area contributed by atoms with Crippen LogP contribution in [-0.2, 0) is 16.1 Å². The molecule has 2 aromatic rings. The molecule has 0 spiro atoms. The van der Waals surface area contributed by atoms with Gasteiger partial charge in [0.1, 0.15) is 24.6 Å². The minimum Gasteiger partial charge on any atom is -0.395 e. The largest absolute Gasteiger partial charge is 0.395 e. The predicted octanol–water partition coefficient (Wildman–Crippen LogP) is 4.14. The molecule has 0 atom stereocenters. The number of hydrogen-bond donors (Lipinski definition) is 1. The van der Waals surface area contributed by atoms with Crippen LogP contribution >= 0.6 is 0 Å². The molecule has 8 heteroatoms. The maximum absolute atomic E-state index is 5.72. The van der Waals surface area contributed by atoms with Gasteiger partial charge in [-0.3, -0.25) is 4.98 Å². The number of pyridine rings is 1. The minimum absolute atomic E-state index is 0.258. The normalized spacial score (nSPS) is 15.5. The van der Waals surface area contributed by atoms with E-state index in [9.17, 15) is 0 Å². The Hall–Kier alpha value is -3.03. The second kappa shape index (κ2) is 10.3. The highest BCUT2D eigenvalue weighted by atomic mass is 16.6. The fourth-order valence-corrected chi connectivity index (χ4v) is 3.16. The molecule has 31 heavy (non-hydrogen) atoms. The van der Waals surface area contributed by atoms with Crippen molar-refractivity contribution in [1.29, 1.82) is 0 Å². The Morgan fingerprint density at radius 1 is 1.16 bits per heavy atom. The van der Waals surface area contributed by atoms with Crippen LogP contribution in [0.15, 0.2) is 34.7 Å². The van der Waals surface area contributed by atoms with Crippen molar-refractivity contribution in [2.24, 2.45) is 15.7 Å². The van der Waals surface area contributed by atoms with E-state index in [1.807, 2.05) is 45.2 Å². The molecule has 0 amide bonds. The molecular weight excluding hydrogens is 392 g/mol. The van der Waals surface area contributed by atoms with Gasteiger partial charge in [0.15, 0.2) is 0 Å². The van der Waals surface area contributed by atoms with Crippen molar-refractivity contribution in [3.8, 4) is 0 Å². The van der Waals surface area contributed by atoms with Crippen molar-refractivity contribution in [2.75, 3.05) is 25.1 Å². The predicted molar refractivity (Wildman–Crippen MR) is 123 cm³/mol. The molecule has 0 aromatic carbocycles. The van der Waals surface area contributed by atoms with E-state index in [2.05, 4.69) is 44.4 Å². The lowest BCUT2D eigenvalue weighted by molar-refractivity contribution is -0.000158. The molecule has 1 aliphatic carbocycles. The number of hydrogen-bond acceptors (Lipinski definition) is 8. The topological polar surface area (TPSA) is 93.9 Å². The number of aryl methyl sites for hydroxylation is 2. The molecule has 0 fully saturated rings. The zero-order valence-electron chi connectivity index (χ0n) is 19.1. The molecule has 0 saturated heterocycles. The monoisotopic (exact) mass is 424 g/mol. The molecule has 2 heterocycles. The summed E-state index contributed by atoms with van der Waals surface area (Å²) in [7, 11) is 0. The van der Waals surface area contributed by atoms with Crippen LogP contribution in [0, 0.1) is 12.3 Å². The van der Waals surface area contributed by atoms with E-state index in [1.165, 1.54) is 0 Å². The van der Waals surface area contributed by atoms with Gasteiger partial charge in [0.05, 0.1) is 11.4 Å².